The molecule has 4 N–H and O–H groups in total. The summed E-state index contributed by atoms with van der Waals surface area (Å²) >= 11 is 0. The number of carbonyl (C=O) groups is 1. The molecule has 1 heterocycles. The minimum absolute atomic E-state index is 0.159. The maximum atomic E-state index is 13.1. The summed E-state index contributed by atoms with van der Waals surface area (Å²) < 4.78 is 18.9. The Balaban J connectivity index is 1.67. The molecule has 4 aromatic rings. The quantitative estimate of drug-likeness (QED) is 0.406. The number of benzene rings is 3. The number of para-hydroxylation sites is 1. The average molecular weight is 442 g/mol. The standard InChI is InChI=1S/C26H23FN4O2/c27-19-8-12-23(13-9-19)33-22-10-6-18(7-11-22)24-16-21(17-25(30-24)26(29)32)31(15-14-28)20-4-2-1-3-5-20/h1-13,16-17H,14-15,28H2,(H2,29,32). The number of hydrogen-bond acceptors (Lipinski definition) is 5. The van der Waals surface area contributed by atoms with Gasteiger partial charge in [-0.25, -0.2) is 9.37 Å². The van der Waals surface area contributed by atoms with Crippen molar-refractivity contribution >= 4 is 17.3 Å². The number of hydrogen-bond donors (Lipinski definition) is 2. The summed E-state index contributed by atoms with van der Waals surface area (Å²) in [4.78, 5) is 18.5. The maximum Gasteiger partial charge on any atom is 0.267 e. The lowest BCUT2D eigenvalue weighted by Crippen LogP contribution is -2.25. The number of amides is 1. The molecule has 1 aromatic heterocycles. The third-order valence-electron chi connectivity index (χ3n) is 4.99. The number of halogens is 1. The largest absolute Gasteiger partial charge is 0.457 e. The van der Waals surface area contributed by atoms with E-state index in [1.807, 2.05) is 53.4 Å². The second kappa shape index (κ2) is 9.93. The van der Waals surface area contributed by atoms with Gasteiger partial charge in [0.1, 0.15) is 23.0 Å². The molecule has 33 heavy (non-hydrogen) atoms. The third-order valence-corrected chi connectivity index (χ3v) is 4.99. The first-order valence-corrected chi connectivity index (χ1v) is 10.4. The number of ether oxygens (including phenoxy) is 1. The Morgan fingerprint density at radius 3 is 2.12 bits per heavy atom. The molecule has 0 fully saturated rings. The molecular formula is C26H23FN4O2. The van der Waals surface area contributed by atoms with E-state index in [0.717, 1.165) is 16.9 Å². The van der Waals surface area contributed by atoms with Gasteiger partial charge in [-0.15, -0.1) is 0 Å². The molecule has 1 amide bonds. The van der Waals surface area contributed by atoms with Crippen molar-refractivity contribution in [3.63, 3.8) is 0 Å². The number of nitrogens with zero attached hydrogens (tertiary/aromatic N) is 2. The molecule has 0 radical (unpaired) electrons. The molecule has 166 valence electrons. The Hall–Kier alpha value is -4.23. The van der Waals surface area contributed by atoms with Crippen LogP contribution in [0, 0.1) is 5.82 Å². The minimum Gasteiger partial charge on any atom is -0.457 e. The van der Waals surface area contributed by atoms with Gasteiger partial charge in [0, 0.05) is 30.0 Å². The zero-order chi connectivity index (χ0) is 23.2. The monoisotopic (exact) mass is 442 g/mol. The van der Waals surface area contributed by atoms with Crippen LogP contribution in [0.5, 0.6) is 11.5 Å². The van der Waals surface area contributed by atoms with Crippen molar-refractivity contribution in [2.45, 2.75) is 0 Å². The molecule has 0 aliphatic rings. The van der Waals surface area contributed by atoms with Gasteiger partial charge in [0.05, 0.1) is 5.69 Å². The third kappa shape index (κ3) is 5.34. The van der Waals surface area contributed by atoms with Crippen LogP contribution >= 0.6 is 0 Å². The van der Waals surface area contributed by atoms with Crippen LogP contribution in [-0.2, 0) is 0 Å². The predicted molar refractivity (Wildman–Crippen MR) is 127 cm³/mol. The van der Waals surface area contributed by atoms with E-state index in [1.54, 1.807) is 30.3 Å². The van der Waals surface area contributed by atoms with Gasteiger partial charge in [0.2, 0.25) is 0 Å². The summed E-state index contributed by atoms with van der Waals surface area (Å²) in [6.45, 7) is 0.976. The lowest BCUT2D eigenvalue weighted by atomic mass is 10.1. The van der Waals surface area contributed by atoms with E-state index >= 15 is 0 Å². The maximum absolute atomic E-state index is 13.1. The van der Waals surface area contributed by atoms with E-state index in [1.165, 1.54) is 12.1 Å². The van der Waals surface area contributed by atoms with Gasteiger partial charge in [-0.3, -0.25) is 4.79 Å². The molecule has 0 atom stereocenters. The predicted octanol–water partition coefficient (Wildman–Crippen LogP) is 4.88. The number of carbonyl (C=O) groups excluding carboxylic acids is 1. The number of primary amides is 1. The highest BCUT2D eigenvalue weighted by Crippen LogP contribution is 2.31. The van der Waals surface area contributed by atoms with E-state index in [-0.39, 0.29) is 11.5 Å². The van der Waals surface area contributed by atoms with Gasteiger partial charge in [-0.1, -0.05) is 18.2 Å². The van der Waals surface area contributed by atoms with Crippen LogP contribution in [0.2, 0.25) is 0 Å². The Morgan fingerprint density at radius 2 is 1.52 bits per heavy atom. The molecule has 7 heteroatoms. The summed E-state index contributed by atoms with van der Waals surface area (Å²) in [5.74, 6) is 0.175. The summed E-state index contributed by atoms with van der Waals surface area (Å²) in [7, 11) is 0. The second-order valence-corrected chi connectivity index (χ2v) is 7.32. The SMILES string of the molecule is NCCN(c1ccccc1)c1cc(C(N)=O)nc(-c2ccc(Oc3ccc(F)cc3)cc2)c1. The van der Waals surface area contributed by atoms with Crippen molar-refractivity contribution in [2.24, 2.45) is 11.5 Å². The first-order valence-electron chi connectivity index (χ1n) is 10.4. The number of anilines is 2. The van der Waals surface area contributed by atoms with Crippen LogP contribution in [0.3, 0.4) is 0 Å². The van der Waals surface area contributed by atoms with Crippen LogP contribution in [0.4, 0.5) is 15.8 Å². The number of rotatable bonds is 8. The molecule has 0 saturated carbocycles. The molecule has 4 rings (SSSR count). The number of pyridine rings is 1. The van der Waals surface area contributed by atoms with E-state index < -0.39 is 5.91 Å². The highest BCUT2D eigenvalue weighted by atomic mass is 19.1. The van der Waals surface area contributed by atoms with Gasteiger partial charge in [0.25, 0.3) is 5.91 Å². The van der Waals surface area contributed by atoms with Crippen LogP contribution in [0.25, 0.3) is 11.3 Å². The van der Waals surface area contributed by atoms with Crippen LogP contribution in [0.1, 0.15) is 10.5 Å². The van der Waals surface area contributed by atoms with Gasteiger partial charge in [-0.05, 0) is 72.8 Å². The van der Waals surface area contributed by atoms with E-state index in [0.29, 0.717) is 30.3 Å². The molecule has 0 saturated heterocycles. The van der Waals surface area contributed by atoms with Crippen LogP contribution < -0.4 is 21.1 Å². The fraction of sp³-hybridized carbons (Fsp3) is 0.0769. The summed E-state index contributed by atoms with van der Waals surface area (Å²) in [5, 5.41) is 0. The van der Waals surface area contributed by atoms with Gasteiger partial charge in [-0.2, -0.15) is 0 Å². The average Bonchev–Trinajstić information content (AvgIpc) is 2.84. The van der Waals surface area contributed by atoms with Crippen molar-refractivity contribution in [1.29, 1.82) is 0 Å². The summed E-state index contributed by atoms with van der Waals surface area (Å²) in [6, 6.07) is 26.4. The zero-order valence-corrected chi connectivity index (χ0v) is 17.8. The molecule has 6 nitrogen and oxygen atoms in total. The van der Waals surface area contributed by atoms with E-state index in [9.17, 15) is 9.18 Å². The normalized spacial score (nSPS) is 10.6. The zero-order valence-electron chi connectivity index (χ0n) is 17.8. The fourth-order valence-corrected chi connectivity index (χ4v) is 3.42. The molecule has 0 spiro atoms. The fourth-order valence-electron chi connectivity index (χ4n) is 3.42. The number of nitrogens with two attached hydrogens (primary N) is 2. The Labute approximate surface area is 191 Å². The Bertz CT molecular complexity index is 1230. The smallest absolute Gasteiger partial charge is 0.267 e. The molecule has 0 bridgehead atoms. The van der Waals surface area contributed by atoms with E-state index in [4.69, 9.17) is 16.2 Å². The minimum atomic E-state index is -0.616. The van der Waals surface area contributed by atoms with Gasteiger partial charge >= 0.3 is 0 Å². The van der Waals surface area contributed by atoms with Crippen molar-refractivity contribution in [2.75, 3.05) is 18.0 Å². The van der Waals surface area contributed by atoms with Gasteiger partial charge < -0.3 is 21.1 Å². The van der Waals surface area contributed by atoms with E-state index in [2.05, 4.69) is 4.98 Å². The molecular weight excluding hydrogens is 419 g/mol. The molecule has 0 aliphatic heterocycles. The Kier molecular flexibility index (Phi) is 6.61. The first-order chi connectivity index (χ1) is 16.0. The van der Waals surface area contributed by atoms with Crippen molar-refractivity contribution < 1.29 is 13.9 Å². The van der Waals surface area contributed by atoms with Crippen molar-refractivity contribution in [3.8, 4) is 22.8 Å². The molecule has 0 aliphatic carbocycles. The topological polar surface area (TPSA) is 94.5 Å². The lowest BCUT2D eigenvalue weighted by molar-refractivity contribution is 0.0995. The molecule has 0 unspecified atom stereocenters. The van der Waals surface area contributed by atoms with Crippen LogP contribution in [0.15, 0.2) is 91.0 Å². The highest BCUT2D eigenvalue weighted by Gasteiger charge is 2.15. The number of aromatic nitrogens is 1. The lowest BCUT2D eigenvalue weighted by Gasteiger charge is -2.25. The Morgan fingerprint density at radius 1 is 0.879 bits per heavy atom. The highest BCUT2D eigenvalue weighted by molar-refractivity contribution is 5.93. The van der Waals surface area contributed by atoms with Gasteiger partial charge in [0.15, 0.2) is 0 Å². The summed E-state index contributed by atoms with van der Waals surface area (Å²) in [6.07, 6.45) is 0. The van der Waals surface area contributed by atoms with Crippen molar-refractivity contribution in [3.05, 3.63) is 103 Å². The summed E-state index contributed by atoms with van der Waals surface area (Å²) in [5.41, 5.74) is 14.7. The van der Waals surface area contributed by atoms with Crippen molar-refractivity contribution in [1.82, 2.24) is 4.98 Å². The van der Waals surface area contributed by atoms with Crippen LogP contribution in [-0.4, -0.2) is 24.0 Å². The molecule has 3 aromatic carbocycles. The second-order valence-electron chi connectivity index (χ2n) is 7.32. The first kappa shape index (κ1) is 22.0.